The van der Waals surface area contributed by atoms with Gasteiger partial charge in [-0.25, -0.2) is 4.79 Å². The molecule has 0 spiro atoms. The maximum Gasteiger partial charge on any atom is 0.441 e. The Balaban J connectivity index is 1.66. The number of benzene rings is 1. The normalized spacial score (nSPS) is 15.0. The Morgan fingerprint density at radius 1 is 1.28 bits per heavy atom. The molecule has 1 amide bonds. The van der Waals surface area contributed by atoms with E-state index in [0.29, 0.717) is 0 Å². The molecule has 1 heterocycles. The first kappa shape index (κ1) is 12.4. The summed E-state index contributed by atoms with van der Waals surface area (Å²) in [6.45, 7) is 0.508. The fraction of sp³-hybridized carbons (Fsp3) is 0.333. The molecule has 1 aliphatic heterocycles. The number of nitrogens with zero attached hydrogens (tertiary/aromatic N) is 1. The smallest absolute Gasteiger partial charge is 0.441 e. The number of aliphatic carboxylic acids is 1. The van der Waals surface area contributed by atoms with E-state index < -0.39 is 18.0 Å². The maximum absolute atomic E-state index is 11.4. The van der Waals surface area contributed by atoms with Gasteiger partial charge in [-0.15, -0.1) is 0 Å². The molecule has 18 heavy (non-hydrogen) atoms. The first-order valence-electron chi connectivity index (χ1n) is 5.52. The highest BCUT2D eigenvalue weighted by atomic mass is 17.2. The highest BCUT2D eigenvalue weighted by Crippen LogP contribution is 2.16. The zero-order valence-corrected chi connectivity index (χ0v) is 9.61. The molecule has 1 fully saturated rings. The van der Waals surface area contributed by atoms with E-state index in [9.17, 15) is 9.59 Å². The number of amides is 1. The van der Waals surface area contributed by atoms with Crippen LogP contribution in [0.25, 0.3) is 0 Å². The molecule has 1 aromatic carbocycles. The molecule has 0 unspecified atom stereocenters. The van der Waals surface area contributed by atoms with Crippen molar-refractivity contribution in [1.29, 1.82) is 0 Å². The fourth-order valence-corrected chi connectivity index (χ4v) is 1.56. The predicted octanol–water partition coefficient (Wildman–Crippen LogP) is 1.27. The van der Waals surface area contributed by atoms with Crippen LogP contribution in [0.3, 0.4) is 0 Å². The van der Waals surface area contributed by atoms with Gasteiger partial charge in [-0.3, -0.25) is 9.68 Å². The van der Waals surface area contributed by atoms with Crippen molar-refractivity contribution in [2.24, 2.45) is 5.92 Å². The molecule has 6 nitrogen and oxygen atoms in total. The second-order valence-corrected chi connectivity index (χ2v) is 4.04. The molecule has 1 aromatic rings. The summed E-state index contributed by atoms with van der Waals surface area (Å²) < 4.78 is 0. The topological polar surface area (TPSA) is 76.1 Å². The molecule has 0 radical (unpaired) electrons. The van der Waals surface area contributed by atoms with Gasteiger partial charge in [0.05, 0.1) is 5.92 Å². The van der Waals surface area contributed by atoms with Crippen molar-refractivity contribution in [3.05, 3.63) is 35.9 Å². The second kappa shape index (κ2) is 5.50. The molecule has 0 aliphatic carbocycles. The summed E-state index contributed by atoms with van der Waals surface area (Å²) in [6, 6.07) is 9.28. The molecule has 1 aliphatic rings. The number of carbonyl (C=O) groups is 2. The lowest BCUT2D eigenvalue weighted by molar-refractivity contribution is -0.258. The molecule has 0 aromatic heterocycles. The number of likely N-dealkylation sites (tertiary alicyclic amines) is 1. The predicted molar refractivity (Wildman–Crippen MR) is 60.4 cm³/mol. The van der Waals surface area contributed by atoms with E-state index in [1.165, 1.54) is 4.90 Å². The summed E-state index contributed by atoms with van der Waals surface area (Å²) in [5, 5.41) is 8.65. The van der Waals surface area contributed by atoms with Gasteiger partial charge in [0, 0.05) is 13.1 Å². The van der Waals surface area contributed by atoms with Gasteiger partial charge in [-0.1, -0.05) is 30.3 Å². The highest BCUT2D eigenvalue weighted by molar-refractivity contribution is 5.76. The van der Waals surface area contributed by atoms with Crippen LogP contribution in [0.4, 0.5) is 4.79 Å². The summed E-state index contributed by atoms with van der Waals surface area (Å²) in [7, 11) is 0. The third-order valence-electron chi connectivity index (χ3n) is 2.69. The van der Waals surface area contributed by atoms with Gasteiger partial charge in [0.15, 0.2) is 0 Å². The monoisotopic (exact) mass is 251 g/mol. The van der Waals surface area contributed by atoms with E-state index in [2.05, 4.69) is 4.89 Å². The van der Waals surface area contributed by atoms with Crippen LogP contribution in [0.1, 0.15) is 5.56 Å². The summed E-state index contributed by atoms with van der Waals surface area (Å²) in [5.74, 6) is -1.39. The lowest BCUT2D eigenvalue weighted by atomic mass is 10.0. The van der Waals surface area contributed by atoms with Crippen LogP contribution in [-0.2, 0) is 21.2 Å². The zero-order chi connectivity index (χ0) is 13.0. The zero-order valence-electron chi connectivity index (χ0n) is 9.61. The summed E-state index contributed by atoms with van der Waals surface area (Å²) in [6.07, 6.45) is -0.650. The van der Waals surface area contributed by atoms with Crippen LogP contribution in [0, 0.1) is 5.92 Å². The molecule has 0 atom stereocenters. The number of carboxylic acid groups (broad SMARTS) is 1. The third-order valence-corrected chi connectivity index (χ3v) is 2.69. The number of carboxylic acids is 1. The maximum atomic E-state index is 11.4. The van der Waals surface area contributed by atoms with Crippen LogP contribution in [0.5, 0.6) is 0 Å². The molecule has 0 saturated carbocycles. The van der Waals surface area contributed by atoms with Crippen molar-refractivity contribution in [3.63, 3.8) is 0 Å². The Bertz CT molecular complexity index is 427. The van der Waals surface area contributed by atoms with Gasteiger partial charge >= 0.3 is 12.1 Å². The average molecular weight is 251 g/mol. The van der Waals surface area contributed by atoms with Crippen molar-refractivity contribution < 1.29 is 24.5 Å². The Morgan fingerprint density at radius 2 is 1.94 bits per heavy atom. The number of carbonyl (C=O) groups excluding carboxylic acids is 1. The summed E-state index contributed by atoms with van der Waals surface area (Å²) >= 11 is 0. The lowest BCUT2D eigenvalue weighted by Crippen LogP contribution is -2.53. The van der Waals surface area contributed by atoms with Crippen LogP contribution in [-0.4, -0.2) is 35.2 Å². The van der Waals surface area contributed by atoms with Crippen LogP contribution < -0.4 is 0 Å². The minimum absolute atomic E-state index is 0.169. The van der Waals surface area contributed by atoms with Gasteiger partial charge in [-0.05, 0) is 5.56 Å². The number of hydrogen-bond acceptors (Lipinski definition) is 4. The quantitative estimate of drug-likeness (QED) is 0.644. The van der Waals surface area contributed by atoms with Crippen molar-refractivity contribution in [3.8, 4) is 0 Å². The highest BCUT2D eigenvalue weighted by Gasteiger charge is 2.36. The van der Waals surface area contributed by atoms with E-state index in [1.54, 1.807) is 0 Å². The first-order chi connectivity index (χ1) is 8.66. The van der Waals surface area contributed by atoms with Crippen molar-refractivity contribution >= 4 is 12.1 Å². The fourth-order valence-electron chi connectivity index (χ4n) is 1.56. The first-order valence-corrected chi connectivity index (χ1v) is 5.52. The third kappa shape index (κ3) is 2.98. The van der Waals surface area contributed by atoms with E-state index >= 15 is 0 Å². The number of hydrogen-bond donors (Lipinski definition) is 1. The van der Waals surface area contributed by atoms with E-state index in [4.69, 9.17) is 9.99 Å². The van der Waals surface area contributed by atoms with Gasteiger partial charge < -0.3 is 10.0 Å². The molecular formula is C12H13NO5. The van der Waals surface area contributed by atoms with E-state index in [1.807, 2.05) is 30.3 Å². The van der Waals surface area contributed by atoms with Crippen LogP contribution >= 0.6 is 0 Å². The summed E-state index contributed by atoms with van der Waals surface area (Å²) in [4.78, 5) is 32.6. The Hall–Kier alpha value is -2.08. The molecule has 1 saturated heterocycles. The lowest BCUT2D eigenvalue weighted by Gasteiger charge is -2.34. The van der Waals surface area contributed by atoms with Gasteiger partial charge in [-0.2, -0.15) is 4.89 Å². The minimum Gasteiger partial charge on any atom is -0.481 e. The summed E-state index contributed by atoms with van der Waals surface area (Å²) in [5.41, 5.74) is 0.886. The molecule has 6 heteroatoms. The molecule has 2 rings (SSSR count). The molecule has 96 valence electrons. The van der Waals surface area contributed by atoms with E-state index in [0.717, 1.165) is 5.56 Å². The molecular weight excluding hydrogens is 238 g/mol. The standard InChI is InChI=1S/C12H13NO5/c14-11(15)10-6-13(7-10)12(16)18-17-8-9-4-2-1-3-5-9/h1-5,10H,6-8H2,(H,14,15). The van der Waals surface area contributed by atoms with Crippen LogP contribution in [0.15, 0.2) is 30.3 Å². The Morgan fingerprint density at radius 3 is 2.56 bits per heavy atom. The van der Waals surface area contributed by atoms with Crippen molar-refractivity contribution in [1.82, 2.24) is 4.90 Å². The van der Waals surface area contributed by atoms with Gasteiger partial charge in [0.2, 0.25) is 0 Å². The van der Waals surface area contributed by atoms with Crippen molar-refractivity contribution in [2.45, 2.75) is 6.61 Å². The van der Waals surface area contributed by atoms with E-state index in [-0.39, 0.29) is 19.7 Å². The van der Waals surface area contributed by atoms with Gasteiger partial charge in [0.1, 0.15) is 6.61 Å². The second-order valence-electron chi connectivity index (χ2n) is 4.04. The van der Waals surface area contributed by atoms with Crippen LogP contribution in [0.2, 0.25) is 0 Å². The SMILES string of the molecule is O=C(O)C1CN(C(=O)OOCc2ccccc2)C1. The molecule has 0 bridgehead atoms. The van der Waals surface area contributed by atoms with Gasteiger partial charge in [0.25, 0.3) is 0 Å². The largest absolute Gasteiger partial charge is 0.481 e. The average Bonchev–Trinajstić information content (AvgIpc) is 2.28. The minimum atomic E-state index is -0.899. The molecule has 1 N–H and O–H groups in total. The number of rotatable bonds is 4. The Kier molecular flexibility index (Phi) is 3.78. The van der Waals surface area contributed by atoms with Crippen molar-refractivity contribution in [2.75, 3.05) is 13.1 Å². The Labute approximate surface area is 104 Å².